The van der Waals surface area contributed by atoms with Gasteiger partial charge in [0.25, 0.3) is 0 Å². The quantitative estimate of drug-likeness (QED) is 0.400. The highest BCUT2D eigenvalue weighted by Crippen LogP contribution is 2.08. The molecule has 0 aromatic carbocycles. The fraction of sp³-hybridized carbons (Fsp3) is 0.562. The van der Waals surface area contributed by atoms with Gasteiger partial charge in [-0.1, -0.05) is 44.9 Å². The van der Waals surface area contributed by atoms with Crippen molar-refractivity contribution in [2.45, 2.75) is 58.8 Å². The third-order valence-corrected chi connectivity index (χ3v) is 2.82. The summed E-state index contributed by atoms with van der Waals surface area (Å²) in [6.45, 7) is 3.72. The summed E-state index contributed by atoms with van der Waals surface area (Å²) in [5.74, 6) is 6.96. The number of ketones is 1. The average Bonchev–Trinajstić information content (AvgIpc) is 2.81. The number of hydrogen-bond donors (Lipinski definition) is 0. The highest BCUT2D eigenvalue weighted by atomic mass is 16.3. The van der Waals surface area contributed by atoms with Crippen LogP contribution in [0.1, 0.15) is 75.1 Å². The SMILES string of the molecule is CCCCCCCCC#Cc1ccc(C(C)=O)o1. The molecule has 0 aliphatic carbocycles. The Morgan fingerprint density at radius 1 is 1.17 bits per heavy atom. The molecule has 0 aliphatic rings. The van der Waals surface area contributed by atoms with Crippen LogP contribution in [-0.4, -0.2) is 5.78 Å². The second-order valence-electron chi connectivity index (χ2n) is 4.54. The smallest absolute Gasteiger partial charge is 0.194 e. The molecule has 98 valence electrons. The van der Waals surface area contributed by atoms with Crippen LogP contribution in [0, 0.1) is 11.8 Å². The second kappa shape index (κ2) is 8.58. The third-order valence-electron chi connectivity index (χ3n) is 2.82. The number of rotatable bonds is 7. The number of Topliss-reactive ketones (excluding diaryl/α,β-unsaturated/α-hetero) is 1. The van der Waals surface area contributed by atoms with Crippen LogP contribution >= 0.6 is 0 Å². The van der Waals surface area contributed by atoms with Crippen molar-refractivity contribution in [3.8, 4) is 11.8 Å². The predicted octanol–water partition coefficient (Wildman–Crippen LogP) is 4.58. The van der Waals surface area contributed by atoms with E-state index in [2.05, 4.69) is 18.8 Å². The molecule has 0 saturated carbocycles. The standard InChI is InChI=1S/C16H22O2/c1-3-4-5-6-7-8-9-10-11-15-12-13-16(18-15)14(2)17/h12-13H,3-9H2,1-2H3. The summed E-state index contributed by atoms with van der Waals surface area (Å²) in [5.41, 5.74) is 0. The first kappa shape index (κ1) is 14.6. The molecule has 1 rings (SSSR count). The van der Waals surface area contributed by atoms with Crippen LogP contribution in [0.15, 0.2) is 16.5 Å². The first-order valence-corrected chi connectivity index (χ1v) is 6.83. The highest BCUT2D eigenvalue weighted by Gasteiger charge is 2.03. The molecule has 0 radical (unpaired) electrons. The fourth-order valence-electron chi connectivity index (χ4n) is 1.74. The molecule has 0 spiro atoms. The van der Waals surface area contributed by atoms with Gasteiger partial charge in [0.2, 0.25) is 0 Å². The Balaban J connectivity index is 2.18. The molecular weight excluding hydrogens is 224 g/mol. The summed E-state index contributed by atoms with van der Waals surface area (Å²) in [6.07, 6.45) is 8.59. The first-order chi connectivity index (χ1) is 8.74. The van der Waals surface area contributed by atoms with Crippen LogP contribution in [0.3, 0.4) is 0 Å². The Morgan fingerprint density at radius 2 is 1.89 bits per heavy atom. The minimum atomic E-state index is -0.0565. The van der Waals surface area contributed by atoms with Gasteiger partial charge in [0, 0.05) is 13.3 Å². The van der Waals surface area contributed by atoms with E-state index in [1.54, 1.807) is 12.1 Å². The maximum atomic E-state index is 11.0. The molecule has 2 heteroatoms. The highest BCUT2D eigenvalue weighted by molar-refractivity contribution is 5.91. The van der Waals surface area contributed by atoms with E-state index in [9.17, 15) is 4.79 Å². The molecule has 0 N–H and O–H groups in total. The molecule has 0 amide bonds. The van der Waals surface area contributed by atoms with Crippen LogP contribution in [0.2, 0.25) is 0 Å². The van der Waals surface area contributed by atoms with Crippen molar-refractivity contribution in [3.05, 3.63) is 23.7 Å². The number of carbonyl (C=O) groups excluding carboxylic acids is 1. The summed E-state index contributed by atoms with van der Waals surface area (Å²) >= 11 is 0. The Morgan fingerprint density at radius 3 is 2.56 bits per heavy atom. The second-order valence-corrected chi connectivity index (χ2v) is 4.54. The van der Waals surface area contributed by atoms with E-state index in [1.165, 1.54) is 39.0 Å². The molecule has 0 atom stereocenters. The zero-order valence-electron chi connectivity index (χ0n) is 11.4. The van der Waals surface area contributed by atoms with Crippen molar-refractivity contribution in [1.82, 2.24) is 0 Å². The largest absolute Gasteiger partial charge is 0.445 e. The van der Waals surface area contributed by atoms with Gasteiger partial charge >= 0.3 is 0 Å². The van der Waals surface area contributed by atoms with Crippen molar-refractivity contribution < 1.29 is 9.21 Å². The molecule has 0 aliphatic heterocycles. The van der Waals surface area contributed by atoms with Gasteiger partial charge in [0.05, 0.1) is 0 Å². The van der Waals surface area contributed by atoms with Gasteiger partial charge in [0.15, 0.2) is 17.3 Å². The summed E-state index contributed by atoms with van der Waals surface area (Å²) in [6, 6.07) is 3.43. The number of unbranched alkanes of at least 4 members (excludes halogenated alkanes) is 6. The lowest BCUT2D eigenvalue weighted by Crippen LogP contribution is -1.85. The summed E-state index contributed by atoms with van der Waals surface area (Å²) in [4.78, 5) is 11.0. The first-order valence-electron chi connectivity index (χ1n) is 6.83. The zero-order valence-corrected chi connectivity index (χ0v) is 11.4. The molecular formula is C16H22O2. The minimum Gasteiger partial charge on any atom is -0.445 e. The van der Waals surface area contributed by atoms with Gasteiger partial charge in [-0.15, -0.1) is 0 Å². The topological polar surface area (TPSA) is 30.2 Å². The number of hydrogen-bond acceptors (Lipinski definition) is 2. The molecule has 0 bridgehead atoms. The van der Waals surface area contributed by atoms with Crippen LogP contribution in [0.25, 0.3) is 0 Å². The van der Waals surface area contributed by atoms with Crippen LogP contribution in [0.4, 0.5) is 0 Å². The summed E-state index contributed by atoms with van der Waals surface area (Å²) < 4.78 is 5.28. The Labute approximate surface area is 110 Å². The van der Waals surface area contributed by atoms with E-state index in [0.717, 1.165) is 12.8 Å². The molecule has 1 aromatic heterocycles. The van der Waals surface area contributed by atoms with Crippen LogP contribution < -0.4 is 0 Å². The third kappa shape index (κ3) is 5.72. The van der Waals surface area contributed by atoms with Crippen molar-refractivity contribution in [3.63, 3.8) is 0 Å². The van der Waals surface area contributed by atoms with E-state index >= 15 is 0 Å². The monoisotopic (exact) mass is 246 g/mol. The van der Waals surface area contributed by atoms with E-state index in [0.29, 0.717) is 11.5 Å². The average molecular weight is 246 g/mol. The van der Waals surface area contributed by atoms with Gasteiger partial charge < -0.3 is 4.42 Å². The van der Waals surface area contributed by atoms with Crippen molar-refractivity contribution in [2.75, 3.05) is 0 Å². The molecule has 2 nitrogen and oxygen atoms in total. The van der Waals surface area contributed by atoms with Gasteiger partial charge in [-0.2, -0.15) is 0 Å². The summed E-state index contributed by atoms with van der Waals surface area (Å²) in [5, 5.41) is 0. The van der Waals surface area contributed by atoms with Gasteiger partial charge in [-0.05, 0) is 24.5 Å². The number of furan rings is 1. The molecule has 1 aromatic rings. The van der Waals surface area contributed by atoms with Gasteiger partial charge in [0.1, 0.15) is 0 Å². The Kier molecular flexibility index (Phi) is 6.94. The zero-order chi connectivity index (χ0) is 13.2. The predicted molar refractivity (Wildman–Crippen MR) is 73.6 cm³/mol. The fourth-order valence-corrected chi connectivity index (χ4v) is 1.74. The summed E-state index contributed by atoms with van der Waals surface area (Å²) in [7, 11) is 0. The van der Waals surface area contributed by atoms with Crippen molar-refractivity contribution in [1.29, 1.82) is 0 Å². The molecule has 0 fully saturated rings. The normalized spacial score (nSPS) is 9.89. The maximum Gasteiger partial charge on any atom is 0.194 e. The van der Waals surface area contributed by atoms with E-state index in [-0.39, 0.29) is 5.78 Å². The molecule has 1 heterocycles. The van der Waals surface area contributed by atoms with E-state index in [4.69, 9.17) is 4.42 Å². The van der Waals surface area contributed by atoms with Crippen LogP contribution in [0.5, 0.6) is 0 Å². The van der Waals surface area contributed by atoms with Gasteiger partial charge in [-0.3, -0.25) is 4.79 Å². The Bertz CT molecular complexity index is 418. The lowest BCUT2D eigenvalue weighted by molar-refractivity contribution is 0.0986. The minimum absolute atomic E-state index is 0.0565. The maximum absolute atomic E-state index is 11.0. The van der Waals surface area contributed by atoms with Crippen molar-refractivity contribution >= 4 is 5.78 Å². The number of carbonyl (C=O) groups is 1. The Hall–Kier alpha value is -1.49. The lowest BCUT2D eigenvalue weighted by Gasteiger charge is -1.96. The van der Waals surface area contributed by atoms with E-state index in [1.807, 2.05) is 0 Å². The molecule has 0 unspecified atom stereocenters. The molecule has 0 saturated heterocycles. The van der Waals surface area contributed by atoms with Crippen LogP contribution in [-0.2, 0) is 0 Å². The van der Waals surface area contributed by atoms with Crippen molar-refractivity contribution in [2.24, 2.45) is 0 Å². The van der Waals surface area contributed by atoms with E-state index < -0.39 is 0 Å². The van der Waals surface area contributed by atoms with Gasteiger partial charge in [-0.25, -0.2) is 0 Å². The lowest BCUT2D eigenvalue weighted by atomic mass is 10.1. The molecule has 18 heavy (non-hydrogen) atoms.